The highest BCUT2D eigenvalue weighted by Gasteiger charge is 2.26. The minimum Gasteiger partial charge on any atom is -0.480 e. The molecule has 0 spiro atoms. The van der Waals surface area contributed by atoms with Gasteiger partial charge in [0.05, 0.1) is 0 Å². The van der Waals surface area contributed by atoms with Crippen LogP contribution in [0.25, 0.3) is 0 Å². The Hall–Kier alpha value is -0.0500. The molecule has 0 aromatic carbocycles. The molecule has 2 nitrogen and oxygen atoms in total. The lowest BCUT2D eigenvalue weighted by molar-refractivity contribution is -0.137. The molecule has 0 bridgehead atoms. The quantitative estimate of drug-likeness (QED) is 0.727. The molecule has 1 aliphatic carbocycles. The minimum atomic E-state index is -0.711. The van der Waals surface area contributed by atoms with Gasteiger partial charge in [0.2, 0.25) is 0 Å². The zero-order chi connectivity index (χ0) is 8.27. The zero-order valence-corrected chi connectivity index (χ0v) is 8.01. The molecule has 1 unspecified atom stereocenters. The van der Waals surface area contributed by atoms with Crippen molar-refractivity contribution in [3.8, 4) is 0 Å². The number of carboxylic acid groups (broad SMARTS) is 1. The Morgan fingerprint density at radius 3 is 2.36 bits per heavy atom. The van der Waals surface area contributed by atoms with Crippen molar-refractivity contribution < 1.29 is 9.90 Å². The first-order chi connectivity index (χ1) is 5.22. The van der Waals surface area contributed by atoms with Crippen molar-refractivity contribution in [1.82, 2.24) is 0 Å². The van der Waals surface area contributed by atoms with E-state index in [1.165, 1.54) is 19.3 Å². The fraction of sp³-hybridized carbons (Fsp3) is 0.875. The van der Waals surface area contributed by atoms with Crippen LogP contribution in [-0.4, -0.2) is 15.9 Å². The lowest BCUT2D eigenvalue weighted by atomic mass is 9.87. The Kier molecular flexibility index (Phi) is 3.37. The van der Waals surface area contributed by atoms with Gasteiger partial charge < -0.3 is 5.11 Å². The van der Waals surface area contributed by atoms with E-state index in [1.807, 2.05) is 0 Å². The van der Waals surface area contributed by atoms with Gasteiger partial charge in [0.25, 0.3) is 0 Å². The first-order valence-electron chi connectivity index (χ1n) is 4.08. The van der Waals surface area contributed by atoms with Gasteiger partial charge >= 0.3 is 5.97 Å². The third-order valence-corrected chi connectivity index (χ3v) is 3.44. The van der Waals surface area contributed by atoms with Gasteiger partial charge in [0, 0.05) is 0 Å². The molecule has 1 aliphatic rings. The molecule has 64 valence electrons. The number of halogens is 1. The molecule has 1 rings (SSSR count). The Labute approximate surface area is 75.1 Å². The lowest BCUT2D eigenvalue weighted by Crippen LogP contribution is -2.25. The van der Waals surface area contributed by atoms with Crippen molar-refractivity contribution >= 4 is 21.9 Å². The van der Waals surface area contributed by atoms with Crippen molar-refractivity contribution in [2.45, 2.75) is 36.9 Å². The maximum absolute atomic E-state index is 10.6. The summed E-state index contributed by atoms with van der Waals surface area (Å²) in [4.78, 5) is 10.2. The largest absolute Gasteiger partial charge is 0.480 e. The topological polar surface area (TPSA) is 37.3 Å². The summed E-state index contributed by atoms with van der Waals surface area (Å²) in [6, 6.07) is 0. The van der Waals surface area contributed by atoms with Crippen molar-refractivity contribution in [3.63, 3.8) is 0 Å². The van der Waals surface area contributed by atoms with Crippen LogP contribution < -0.4 is 0 Å². The summed E-state index contributed by atoms with van der Waals surface area (Å²) in [6.45, 7) is 0. The fourth-order valence-corrected chi connectivity index (χ4v) is 2.16. The number of rotatable bonds is 2. The summed E-state index contributed by atoms with van der Waals surface area (Å²) < 4.78 is 0. The summed E-state index contributed by atoms with van der Waals surface area (Å²) >= 11 is 3.20. The SMILES string of the molecule is O=C(O)C(Br)C1CCCCC1. The smallest absolute Gasteiger partial charge is 0.317 e. The molecule has 0 radical (unpaired) electrons. The van der Waals surface area contributed by atoms with E-state index >= 15 is 0 Å². The van der Waals surface area contributed by atoms with E-state index in [0.717, 1.165) is 12.8 Å². The highest BCUT2D eigenvalue weighted by Crippen LogP contribution is 2.29. The number of hydrogen-bond acceptors (Lipinski definition) is 1. The number of aliphatic carboxylic acids is 1. The van der Waals surface area contributed by atoms with E-state index in [0.29, 0.717) is 5.92 Å². The average Bonchev–Trinajstić information content (AvgIpc) is 2.05. The first kappa shape index (κ1) is 9.04. The van der Waals surface area contributed by atoms with Crippen LogP contribution in [0.2, 0.25) is 0 Å². The predicted octanol–water partition coefficient (Wildman–Crippen LogP) is 2.41. The maximum Gasteiger partial charge on any atom is 0.317 e. The normalized spacial score (nSPS) is 23.0. The van der Waals surface area contributed by atoms with E-state index in [1.54, 1.807) is 0 Å². The van der Waals surface area contributed by atoms with E-state index < -0.39 is 5.97 Å². The Morgan fingerprint density at radius 1 is 1.36 bits per heavy atom. The second kappa shape index (κ2) is 4.10. The molecule has 0 heterocycles. The molecule has 0 aromatic rings. The Morgan fingerprint density at radius 2 is 1.91 bits per heavy atom. The van der Waals surface area contributed by atoms with Crippen molar-refractivity contribution in [3.05, 3.63) is 0 Å². The summed E-state index contributed by atoms with van der Waals surface area (Å²) in [7, 11) is 0. The van der Waals surface area contributed by atoms with Gasteiger partial charge in [-0.15, -0.1) is 0 Å². The Balaban J connectivity index is 2.38. The third-order valence-electron chi connectivity index (χ3n) is 2.30. The summed E-state index contributed by atoms with van der Waals surface area (Å²) in [5.74, 6) is -0.349. The molecular formula is C8H13BrO2. The van der Waals surface area contributed by atoms with E-state index in [9.17, 15) is 4.79 Å². The van der Waals surface area contributed by atoms with E-state index in [-0.39, 0.29) is 4.83 Å². The van der Waals surface area contributed by atoms with Crippen molar-refractivity contribution in [2.24, 2.45) is 5.92 Å². The predicted molar refractivity (Wildman–Crippen MR) is 46.9 cm³/mol. The van der Waals surface area contributed by atoms with Gasteiger partial charge in [0.1, 0.15) is 4.83 Å². The summed E-state index contributed by atoms with van der Waals surface area (Å²) in [5.41, 5.74) is 0. The first-order valence-corrected chi connectivity index (χ1v) is 5.00. The molecule has 1 atom stereocenters. The van der Waals surface area contributed by atoms with Crippen LogP contribution in [0.15, 0.2) is 0 Å². The minimum absolute atomic E-state index is 0.317. The van der Waals surface area contributed by atoms with Gasteiger partial charge in [-0.3, -0.25) is 4.79 Å². The zero-order valence-electron chi connectivity index (χ0n) is 6.42. The van der Waals surface area contributed by atoms with Crippen LogP contribution in [0, 0.1) is 5.92 Å². The fourth-order valence-electron chi connectivity index (χ4n) is 1.63. The molecule has 0 amide bonds. The van der Waals surface area contributed by atoms with E-state index in [4.69, 9.17) is 5.11 Å². The summed E-state index contributed by atoms with van der Waals surface area (Å²) in [5, 5.41) is 8.69. The molecule has 0 aliphatic heterocycles. The van der Waals surface area contributed by atoms with Gasteiger partial charge in [-0.1, -0.05) is 35.2 Å². The maximum atomic E-state index is 10.6. The van der Waals surface area contributed by atoms with Crippen LogP contribution in [0.3, 0.4) is 0 Å². The number of carbonyl (C=O) groups is 1. The molecule has 11 heavy (non-hydrogen) atoms. The van der Waals surface area contributed by atoms with Gasteiger partial charge in [-0.2, -0.15) is 0 Å². The van der Waals surface area contributed by atoms with Crippen molar-refractivity contribution in [1.29, 1.82) is 0 Å². The second-order valence-corrected chi connectivity index (χ2v) is 4.12. The van der Waals surface area contributed by atoms with Crippen LogP contribution in [0.4, 0.5) is 0 Å². The van der Waals surface area contributed by atoms with Crippen LogP contribution in [-0.2, 0) is 4.79 Å². The molecule has 1 fully saturated rings. The highest BCUT2D eigenvalue weighted by molar-refractivity contribution is 9.10. The highest BCUT2D eigenvalue weighted by atomic mass is 79.9. The number of carboxylic acids is 1. The van der Waals surface area contributed by atoms with Gasteiger partial charge in [-0.05, 0) is 18.8 Å². The average molecular weight is 221 g/mol. The number of alkyl halides is 1. The number of hydrogen-bond donors (Lipinski definition) is 1. The van der Waals surface area contributed by atoms with E-state index in [2.05, 4.69) is 15.9 Å². The standard InChI is InChI=1S/C8H13BrO2/c9-7(8(10)11)6-4-2-1-3-5-6/h6-7H,1-5H2,(H,10,11). The lowest BCUT2D eigenvalue weighted by Gasteiger charge is -2.23. The molecule has 0 aromatic heterocycles. The monoisotopic (exact) mass is 220 g/mol. The van der Waals surface area contributed by atoms with Crippen molar-refractivity contribution in [2.75, 3.05) is 0 Å². The molecule has 1 saturated carbocycles. The van der Waals surface area contributed by atoms with Crippen LogP contribution in [0.1, 0.15) is 32.1 Å². The molecule has 3 heteroatoms. The molecule has 1 N–H and O–H groups in total. The summed E-state index contributed by atoms with van der Waals surface area (Å²) in [6.07, 6.45) is 5.81. The molecular weight excluding hydrogens is 208 g/mol. The van der Waals surface area contributed by atoms with Crippen LogP contribution >= 0.6 is 15.9 Å². The second-order valence-electron chi connectivity index (χ2n) is 3.14. The molecule has 0 saturated heterocycles. The Bertz CT molecular complexity index is 141. The third kappa shape index (κ3) is 2.47. The van der Waals surface area contributed by atoms with Gasteiger partial charge in [-0.25, -0.2) is 0 Å². The van der Waals surface area contributed by atoms with Gasteiger partial charge in [0.15, 0.2) is 0 Å². The van der Waals surface area contributed by atoms with Crippen LogP contribution in [0.5, 0.6) is 0 Å².